The number of nitrogens with zero attached hydrogens (tertiary/aromatic N) is 1. The van der Waals surface area contributed by atoms with E-state index < -0.39 is 15.8 Å². The Hall–Kier alpha value is -0.730. The lowest BCUT2D eigenvalue weighted by Gasteiger charge is -2.29. The minimum absolute atomic E-state index is 0.0187. The predicted molar refractivity (Wildman–Crippen MR) is 83.9 cm³/mol. The number of nitrogens with one attached hydrogen (secondary N) is 1. The largest absolute Gasteiger partial charge is 0.379 e. The first-order chi connectivity index (χ1) is 10.4. The molecule has 1 heterocycles. The number of rotatable bonds is 6. The molecule has 0 bridgehead atoms. The summed E-state index contributed by atoms with van der Waals surface area (Å²) in [6.45, 7) is 5.38. The summed E-state index contributed by atoms with van der Waals surface area (Å²) < 4.78 is 45.5. The summed E-state index contributed by atoms with van der Waals surface area (Å²) in [6, 6.07) is 3.80. The van der Waals surface area contributed by atoms with Gasteiger partial charge in [0.25, 0.3) is 0 Å². The number of hydrogen-bond donors (Lipinski definition) is 1. The number of benzene rings is 1. The third-order valence-electron chi connectivity index (χ3n) is 3.36. The van der Waals surface area contributed by atoms with Crippen molar-refractivity contribution in [2.45, 2.75) is 18.7 Å². The van der Waals surface area contributed by atoms with Gasteiger partial charge in [0.15, 0.2) is 0 Å². The zero-order valence-electron chi connectivity index (χ0n) is 12.4. The summed E-state index contributed by atoms with van der Waals surface area (Å²) in [4.78, 5) is 2.15. The summed E-state index contributed by atoms with van der Waals surface area (Å²) in [5.41, 5.74) is 0.368. The molecule has 1 saturated heterocycles. The molecule has 2 rings (SSSR count). The summed E-state index contributed by atoms with van der Waals surface area (Å²) in [6.07, 6.45) is 0. The third kappa shape index (κ3) is 5.48. The molecule has 8 heteroatoms. The summed E-state index contributed by atoms with van der Waals surface area (Å²) >= 11 is 5.59. The molecular weight excluding hydrogens is 331 g/mol. The Morgan fingerprint density at radius 2 is 2.09 bits per heavy atom. The van der Waals surface area contributed by atoms with E-state index in [1.807, 2.05) is 6.92 Å². The standard InChI is InChI=1S/C14H20ClFN2O3S/c1-11(9-18-4-6-21-7-5-18)17-22(19,20)10-12-2-3-13(15)14(16)8-12/h2-3,8,11,17H,4-7,9-10H2,1H3/t11-/m0/s1. The van der Waals surface area contributed by atoms with Gasteiger partial charge in [-0.3, -0.25) is 4.90 Å². The van der Waals surface area contributed by atoms with E-state index in [4.69, 9.17) is 16.3 Å². The van der Waals surface area contributed by atoms with Crippen molar-refractivity contribution in [2.24, 2.45) is 0 Å². The minimum Gasteiger partial charge on any atom is -0.379 e. The highest BCUT2D eigenvalue weighted by molar-refractivity contribution is 7.88. The monoisotopic (exact) mass is 350 g/mol. The lowest BCUT2D eigenvalue weighted by atomic mass is 10.2. The Balaban J connectivity index is 1.90. The second-order valence-electron chi connectivity index (χ2n) is 5.44. The fourth-order valence-corrected chi connectivity index (χ4v) is 3.91. The molecule has 1 aliphatic heterocycles. The van der Waals surface area contributed by atoms with Crippen LogP contribution in [-0.2, 0) is 20.5 Å². The molecule has 0 aromatic heterocycles. The molecule has 0 spiro atoms. The van der Waals surface area contributed by atoms with E-state index in [0.29, 0.717) is 25.3 Å². The SMILES string of the molecule is C[C@@H](CN1CCOCC1)NS(=O)(=O)Cc1ccc(Cl)c(F)c1. The van der Waals surface area contributed by atoms with E-state index in [1.54, 1.807) is 0 Å². The van der Waals surface area contributed by atoms with Crippen LogP contribution in [0.4, 0.5) is 4.39 Å². The molecule has 5 nitrogen and oxygen atoms in total. The predicted octanol–water partition coefficient (Wildman–Crippen LogP) is 1.62. The van der Waals surface area contributed by atoms with Crippen LogP contribution in [0.1, 0.15) is 12.5 Å². The highest BCUT2D eigenvalue weighted by atomic mass is 35.5. The van der Waals surface area contributed by atoms with Crippen LogP contribution in [0.5, 0.6) is 0 Å². The number of ether oxygens (including phenoxy) is 1. The van der Waals surface area contributed by atoms with Crippen LogP contribution in [0.15, 0.2) is 18.2 Å². The van der Waals surface area contributed by atoms with E-state index in [-0.39, 0.29) is 16.8 Å². The van der Waals surface area contributed by atoms with Crippen LogP contribution < -0.4 is 4.72 Å². The second-order valence-corrected chi connectivity index (χ2v) is 7.60. The smallest absolute Gasteiger partial charge is 0.216 e. The van der Waals surface area contributed by atoms with Crippen molar-refractivity contribution < 1.29 is 17.5 Å². The molecule has 1 aliphatic rings. The number of hydrogen-bond acceptors (Lipinski definition) is 4. The Bertz CT molecular complexity index is 606. The van der Waals surface area contributed by atoms with Gasteiger partial charge >= 0.3 is 0 Å². The van der Waals surface area contributed by atoms with Crippen molar-refractivity contribution in [2.75, 3.05) is 32.8 Å². The van der Waals surface area contributed by atoms with E-state index in [2.05, 4.69) is 9.62 Å². The van der Waals surface area contributed by atoms with Crippen LogP contribution in [0.25, 0.3) is 0 Å². The minimum atomic E-state index is -3.53. The van der Waals surface area contributed by atoms with Gasteiger partial charge in [0.05, 0.1) is 24.0 Å². The highest BCUT2D eigenvalue weighted by Crippen LogP contribution is 2.17. The van der Waals surface area contributed by atoms with Gasteiger partial charge in [0, 0.05) is 25.7 Å². The average molecular weight is 351 g/mol. The van der Waals surface area contributed by atoms with Crippen molar-refractivity contribution in [3.05, 3.63) is 34.6 Å². The summed E-state index contributed by atoms with van der Waals surface area (Å²) in [5, 5.41) is -0.0187. The van der Waals surface area contributed by atoms with Crippen molar-refractivity contribution in [3.8, 4) is 0 Å². The number of sulfonamides is 1. The maximum absolute atomic E-state index is 13.4. The lowest BCUT2D eigenvalue weighted by molar-refractivity contribution is 0.0354. The molecule has 124 valence electrons. The zero-order chi connectivity index (χ0) is 16.2. The summed E-state index contributed by atoms with van der Waals surface area (Å²) in [5.74, 6) is -0.884. The molecule has 1 atom stereocenters. The van der Waals surface area contributed by atoms with Gasteiger partial charge in [0.1, 0.15) is 5.82 Å². The second kappa shape index (κ2) is 7.70. The van der Waals surface area contributed by atoms with Gasteiger partial charge in [-0.2, -0.15) is 0 Å². The molecule has 1 aromatic rings. The Kier molecular flexibility index (Phi) is 6.17. The Morgan fingerprint density at radius 3 is 2.73 bits per heavy atom. The van der Waals surface area contributed by atoms with Crippen molar-refractivity contribution in [3.63, 3.8) is 0 Å². The topological polar surface area (TPSA) is 58.6 Å². The molecule has 0 unspecified atom stereocenters. The van der Waals surface area contributed by atoms with Gasteiger partial charge in [-0.1, -0.05) is 17.7 Å². The fourth-order valence-electron chi connectivity index (χ4n) is 2.41. The van der Waals surface area contributed by atoms with Gasteiger partial charge < -0.3 is 4.74 Å². The van der Waals surface area contributed by atoms with Crippen LogP contribution in [0.3, 0.4) is 0 Å². The number of morpholine rings is 1. The molecule has 1 N–H and O–H groups in total. The fraction of sp³-hybridized carbons (Fsp3) is 0.571. The molecular formula is C14H20ClFN2O3S. The van der Waals surface area contributed by atoms with Crippen LogP contribution >= 0.6 is 11.6 Å². The van der Waals surface area contributed by atoms with Crippen LogP contribution in [0, 0.1) is 5.82 Å². The van der Waals surface area contributed by atoms with Gasteiger partial charge in [-0.25, -0.2) is 17.5 Å². The lowest BCUT2D eigenvalue weighted by Crippen LogP contribution is -2.46. The van der Waals surface area contributed by atoms with Crippen molar-refractivity contribution >= 4 is 21.6 Å². The molecule has 1 aromatic carbocycles. The molecule has 0 saturated carbocycles. The highest BCUT2D eigenvalue weighted by Gasteiger charge is 2.19. The van der Waals surface area contributed by atoms with E-state index in [0.717, 1.165) is 19.2 Å². The summed E-state index contributed by atoms with van der Waals surface area (Å²) in [7, 11) is -3.53. The van der Waals surface area contributed by atoms with E-state index in [9.17, 15) is 12.8 Å². The third-order valence-corrected chi connectivity index (χ3v) is 5.14. The molecule has 22 heavy (non-hydrogen) atoms. The maximum atomic E-state index is 13.4. The van der Waals surface area contributed by atoms with Gasteiger partial charge in [0.2, 0.25) is 10.0 Å². The van der Waals surface area contributed by atoms with Crippen molar-refractivity contribution in [1.29, 1.82) is 0 Å². The first-order valence-corrected chi connectivity index (χ1v) is 9.13. The van der Waals surface area contributed by atoms with E-state index >= 15 is 0 Å². The van der Waals surface area contributed by atoms with Gasteiger partial charge in [-0.15, -0.1) is 0 Å². The zero-order valence-corrected chi connectivity index (χ0v) is 14.0. The first kappa shape index (κ1) is 17.6. The quantitative estimate of drug-likeness (QED) is 0.847. The van der Waals surface area contributed by atoms with E-state index in [1.165, 1.54) is 12.1 Å². The average Bonchev–Trinajstić information content (AvgIpc) is 2.43. The Labute approximate surface area is 135 Å². The Morgan fingerprint density at radius 1 is 1.41 bits per heavy atom. The van der Waals surface area contributed by atoms with Gasteiger partial charge in [-0.05, 0) is 24.6 Å². The van der Waals surface area contributed by atoms with Crippen molar-refractivity contribution in [1.82, 2.24) is 9.62 Å². The molecule has 0 amide bonds. The normalized spacial score (nSPS) is 18.3. The molecule has 0 radical (unpaired) electrons. The molecule has 1 fully saturated rings. The first-order valence-electron chi connectivity index (χ1n) is 7.10. The number of halogens is 2. The van der Waals surface area contributed by atoms with Crippen LogP contribution in [-0.4, -0.2) is 52.2 Å². The molecule has 0 aliphatic carbocycles. The maximum Gasteiger partial charge on any atom is 0.216 e. The van der Waals surface area contributed by atoms with Crippen LogP contribution in [0.2, 0.25) is 5.02 Å².